The van der Waals surface area contributed by atoms with E-state index in [0.717, 1.165) is 55.4 Å². The molecule has 1 saturated heterocycles. The number of anilines is 3. The van der Waals surface area contributed by atoms with Crippen molar-refractivity contribution in [3.05, 3.63) is 34.9 Å². The van der Waals surface area contributed by atoms with E-state index in [-0.39, 0.29) is 5.75 Å². The van der Waals surface area contributed by atoms with Crippen molar-refractivity contribution >= 4 is 33.4 Å². The molecule has 1 aromatic heterocycles. The number of halogens is 1. The van der Waals surface area contributed by atoms with Crippen LogP contribution in [0.5, 0.6) is 5.75 Å². The molecule has 0 aliphatic carbocycles. The fraction of sp³-hybridized carbons (Fsp3) is 0.375. The number of rotatable bonds is 6. The molecule has 8 heteroatoms. The first-order valence-corrected chi connectivity index (χ1v) is 8.62. The molecular weight excluding hydrogens is 374 g/mol. The van der Waals surface area contributed by atoms with Gasteiger partial charge in [0.1, 0.15) is 11.6 Å². The summed E-state index contributed by atoms with van der Waals surface area (Å²) in [6.45, 7) is 5.30. The Morgan fingerprint density at radius 1 is 1.21 bits per heavy atom. The second-order valence-corrected chi connectivity index (χ2v) is 6.30. The van der Waals surface area contributed by atoms with Crippen LogP contribution in [0.15, 0.2) is 34.9 Å². The van der Waals surface area contributed by atoms with Gasteiger partial charge in [0.05, 0.1) is 17.7 Å². The van der Waals surface area contributed by atoms with Crippen LogP contribution in [0.1, 0.15) is 0 Å². The summed E-state index contributed by atoms with van der Waals surface area (Å²) in [6.07, 6.45) is 1.72. The summed E-state index contributed by atoms with van der Waals surface area (Å²) in [6, 6.07) is 6.77. The number of phenols is 1. The monoisotopic (exact) mass is 393 g/mol. The minimum absolute atomic E-state index is 0.225. The molecule has 3 rings (SSSR count). The summed E-state index contributed by atoms with van der Waals surface area (Å²) in [4.78, 5) is 11.1. The van der Waals surface area contributed by atoms with Crippen LogP contribution in [0, 0.1) is 0 Å². The molecule has 1 fully saturated rings. The summed E-state index contributed by atoms with van der Waals surface area (Å²) in [7, 11) is 0. The van der Waals surface area contributed by atoms with E-state index in [9.17, 15) is 5.11 Å². The van der Waals surface area contributed by atoms with Crippen LogP contribution < -0.4 is 10.6 Å². The summed E-state index contributed by atoms with van der Waals surface area (Å²) < 4.78 is 6.17. The molecule has 0 radical (unpaired) electrons. The Morgan fingerprint density at radius 3 is 2.71 bits per heavy atom. The van der Waals surface area contributed by atoms with Gasteiger partial charge in [0.25, 0.3) is 0 Å². The van der Waals surface area contributed by atoms with Gasteiger partial charge in [0, 0.05) is 38.1 Å². The summed E-state index contributed by atoms with van der Waals surface area (Å²) in [5.74, 6) is 1.47. The third-order valence-corrected chi connectivity index (χ3v) is 4.27. The van der Waals surface area contributed by atoms with Gasteiger partial charge in [-0.2, -0.15) is 4.98 Å². The van der Waals surface area contributed by atoms with E-state index in [1.54, 1.807) is 30.5 Å². The van der Waals surface area contributed by atoms with Crippen LogP contribution >= 0.6 is 15.9 Å². The molecule has 2 heterocycles. The molecular formula is C16H20BrN5O2. The molecule has 2 aromatic rings. The Hall–Kier alpha value is -1.90. The molecule has 24 heavy (non-hydrogen) atoms. The Bertz CT molecular complexity index is 662. The van der Waals surface area contributed by atoms with Crippen LogP contribution in [-0.2, 0) is 4.74 Å². The number of aromatic nitrogens is 2. The summed E-state index contributed by atoms with van der Waals surface area (Å²) in [5.41, 5.74) is 0.814. The molecule has 1 aliphatic rings. The Labute approximate surface area is 149 Å². The number of nitrogens with zero attached hydrogens (tertiary/aromatic N) is 3. The molecule has 1 aromatic carbocycles. The first kappa shape index (κ1) is 16.9. The molecule has 0 spiro atoms. The molecule has 128 valence electrons. The average molecular weight is 394 g/mol. The number of ether oxygens (including phenoxy) is 1. The van der Waals surface area contributed by atoms with Gasteiger partial charge in [-0.15, -0.1) is 0 Å². The number of morpholine rings is 1. The molecule has 7 nitrogen and oxygen atoms in total. The van der Waals surface area contributed by atoms with Crippen molar-refractivity contribution in [2.75, 3.05) is 50.0 Å². The maximum Gasteiger partial charge on any atom is 0.229 e. The lowest BCUT2D eigenvalue weighted by Gasteiger charge is -2.26. The van der Waals surface area contributed by atoms with Crippen LogP contribution in [0.2, 0.25) is 0 Å². The molecule has 0 unspecified atom stereocenters. The van der Waals surface area contributed by atoms with Crippen molar-refractivity contribution in [1.82, 2.24) is 14.9 Å². The number of benzene rings is 1. The maximum absolute atomic E-state index is 9.32. The van der Waals surface area contributed by atoms with Gasteiger partial charge in [0.15, 0.2) is 0 Å². The van der Waals surface area contributed by atoms with Crippen molar-refractivity contribution in [3.8, 4) is 5.75 Å². The molecule has 3 N–H and O–H groups in total. The van der Waals surface area contributed by atoms with Gasteiger partial charge in [-0.3, -0.25) is 4.90 Å². The molecule has 0 amide bonds. The SMILES string of the molecule is Oc1ccc(Nc2ncc(Br)c(NCCN3CCOCC3)n2)cc1. The van der Waals surface area contributed by atoms with Gasteiger partial charge >= 0.3 is 0 Å². The first-order valence-electron chi connectivity index (χ1n) is 7.83. The van der Waals surface area contributed by atoms with E-state index >= 15 is 0 Å². The minimum Gasteiger partial charge on any atom is -0.508 e. The predicted octanol–water partition coefficient (Wildman–Crippen LogP) is 2.43. The van der Waals surface area contributed by atoms with Crippen LogP contribution in [0.3, 0.4) is 0 Å². The number of hydrogen-bond donors (Lipinski definition) is 3. The highest BCUT2D eigenvalue weighted by Crippen LogP contribution is 2.22. The largest absolute Gasteiger partial charge is 0.508 e. The summed E-state index contributed by atoms with van der Waals surface area (Å²) >= 11 is 3.47. The lowest BCUT2D eigenvalue weighted by atomic mass is 10.3. The standard InChI is InChI=1S/C16H20BrN5O2/c17-14-11-19-16(20-12-1-3-13(23)4-2-12)21-15(14)18-5-6-22-7-9-24-10-8-22/h1-4,11,23H,5-10H2,(H2,18,19,20,21). The highest BCUT2D eigenvalue weighted by atomic mass is 79.9. The zero-order valence-electron chi connectivity index (χ0n) is 13.2. The average Bonchev–Trinajstić information content (AvgIpc) is 2.60. The summed E-state index contributed by atoms with van der Waals surface area (Å²) in [5, 5.41) is 15.8. The number of phenolic OH excluding ortho intramolecular Hbond substituents is 1. The smallest absolute Gasteiger partial charge is 0.229 e. The second kappa shape index (κ2) is 8.27. The van der Waals surface area contributed by atoms with Crippen molar-refractivity contribution in [3.63, 3.8) is 0 Å². The number of nitrogens with one attached hydrogen (secondary N) is 2. The molecule has 0 atom stereocenters. The van der Waals surface area contributed by atoms with Gasteiger partial charge < -0.3 is 20.5 Å². The predicted molar refractivity (Wildman–Crippen MR) is 96.9 cm³/mol. The van der Waals surface area contributed by atoms with Crippen molar-refractivity contribution in [1.29, 1.82) is 0 Å². The Balaban J connectivity index is 1.57. The Kier molecular flexibility index (Phi) is 5.84. The highest BCUT2D eigenvalue weighted by molar-refractivity contribution is 9.10. The van der Waals surface area contributed by atoms with E-state index in [0.29, 0.717) is 5.95 Å². The van der Waals surface area contributed by atoms with E-state index < -0.39 is 0 Å². The fourth-order valence-corrected chi connectivity index (χ4v) is 2.71. The van der Waals surface area contributed by atoms with Crippen molar-refractivity contribution < 1.29 is 9.84 Å². The van der Waals surface area contributed by atoms with Crippen molar-refractivity contribution in [2.45, 2.75) is 0 Å². The van der Waals surface area contributed by atoms with Crippen molar-refractivity contribution in [2.24, 2.45) is 0 Å². The van der Waals surface area contributed by atoms with E-state index in [2.05, 4.69) is 41.4 Å². The third-order valence-electron chi connectivity index (χ3n) is 3.69. The van der Waals surface area contributed by atoms with E-state index in [1.807, 2.05) is 0 Å². The molecule has 0 saturated carbocycles. The van der Waals surface area contributed by atoms with E-state index in [4.69, 9.17) is 4.74 Å². The highest BCUT2D eigenvalue weighted by Gasteiger charge is 2.10. The minimum atomic E-state index is 0.225. The van der Waals surface area contributed by atoms with Crippen LogP contribution in [0.25, 0.3) is 0 Å². The second-order valence-electron chi connectivity index (χ2n) is 5.44. The van der Waals surface area contributed by atoms with Gasteiger partial charge in [-0.05, 0) is 40.2 Å². The maximum atomic E-state index is 9.32. The normalized spacial score (nSPS) is 15.2. The van der Waals surface area contributed by atoms with Crippen LogP contribution in [-0.4, -0.2) is 59.4 Å². The Morgan fingerprint density at radius 2 is 1.96 bits per heavy atom. The van der Waals surface area contributed by atoms with Gasteiger partial charge in [-0.25, -0.2) is 4.98 Å². The number of aromatic hydroxyl groups is 1. The third kappa shape index (κ3) is 4.80. The lowest BCUT2D eigenvalue weighted by Crippen LogP contribution is -2.39. The quantitative estimate of drug-likeness (QED) is 0.650. The topological polar surface area (TPSA) is 82.5 Å². The van der Waals surface area contributed by atoms with Gasteiger partial charge in [0.2, 0.25) is 5.95 Å². The molecule has 1 aliphatic heterocycles. The van der Waals surface area contributed by atoms with Gasteiger partial charge in [-0.1, -0.05) is 0 Å². The number of hydrogen-bond acceptors (Lipinski definition) is 7. The fourth-order valence-electron chi connectivity index (χ4n) is 2.38. The zero-order chi connectivity index (χ0) is 16.8. The lowest BCUT2D eigenvalue weighted by molar-refractivity contribution is 0.0398. The van der Waals surface area contributed by atoms with Crippen LogP contribution in [0.4, 0.5) is 17.5 Å². The zero-order valence-corrected chi connectivity index (χ0v) is 14.8. The first-order chi connectivity index (χ1) is 11.7. The van der Waals surface area contributed by atoms with E-state index in [1.165, 1.54) is 0 Å². The molecule has 0 bridgehead atoms.